The third-order valence-electron chi connectivity index (χ3n) is 6.59. The van der Waals surface area contributed by atoms with Crippen molar-refractivity contribution in [3.05, 3.63) is 34.4 Å². The fourth-order valence-corrected chi connectivity index (χ4v) is 4.82. The lowest BCUT2D eigenvalue weighted by atomic mass is 9.82. The van der Waals surface area contributed by atoms with Gasteiger partial charge < -0.3 is 30.1 Å². The summed E-state index contributed by atoms with van der Waals surface area (Å²) in [6.07, 6.45) is -1.29. The first kappa shape index (κ1) is 30.3. The highest BCUT2D eigenvalue weighted by Crippen LogP contribution is 2.40. The molecule has 3 rings (SSSR count). The predicted octanol–water partition coefficient (Wildman–Crippen LogP) is 3.11. The number of nitrogens with zero attached hydrogens (tertiary/aromatic N) is 2. The molecule has 0 radical (unpaired) electrons. The molecule has 0 spiro atoms. The van der Waals surface area contributed by atoms with E-state index in [0.717, 1.165) is 11.0 Å². The van der Waals surface area contributed by atoms with Gasteiger partial charge in [-0.2, -0.15) is 0 Å². The molecule has 3 N–H and O–H groups in total. The number of halogens is 2. The summed E-state index contributed by atoms with van der Waals surface area (Å²) in [6, 6.07) is -0.413. The number of amides is 3. The average Bonchev–Trinajstić information content (AvgIpc) is 3.08. The van der Waals surface area contributed by atoms with E-state index < -0.39 is 70.5 Å². The van der Waals surface area contributed by atoms with Gasteiger partial charge in [0, 0.05) is 25.1 Å². The van der Waals surface area contributed by atoms with Crippen LogP contribution in [0.5, 0.6) is 0 Å². The van der Waals surface area contributed by atoms with Gasteiger partial charge in [0.15, 0.2) is 0 Å². The molecule has 0 aromatic heterocycles. The summed E-state index contributed by atoms with van der Waals surface area (Å²) < 4.78 is 41.6. The largest absolute Gasteiger partial charge is 0.460 e. The van der Waals surface area contributed by atoms with Crippen LogP contribution in [0.3, 0.4) is 0 Å². The Labute approximate surface area is 226 Å². The average molecular weight is 554 g/mol. The highest BCUT2D eigenvalue weighted by molar-refractivity contribution is 6.01. The third kappa shape index (κ3) is 6.84. The molecular formula is C27H37F2N3O7. The van der Waals surface area contributed by atoms with Crippen LogP contribution in [0, 0.1) is 11.6 Å². The van der Waals surface area contributed by atoms with Gasteiger partial charge in [0.25, 0.3) is 5.91 Å². The number of hydrogen-bond donors (Lipinski definition) is 2. The van der Waals surface area contributed by atoms with Crippen LogP contribution in [0.15, 0.2) is 6.07 Å². The molecule has 1 saturated heterocycles. The van der Waals surface area contributed by atoms with E-state index in [-0.39, 0.29) is 49.9 Å². The molecule has 0 unspecified atom stereocenters. The van der Waals surface area contributed by atoms with Gasteiger partial charge in [-0.1, -0.05) is 0 Å². The number of primary amides is 1. The molecule has 2 aliphatic heterocycles. The Kier molecular flexibility index (Phi) is 8.31. The zero-order valence-corrected chi connectivity index (χ0v) is 23.2. The van der Waals surface area contributed by atoms with Crippen molar-refractivity contribution in [3.8, 4) is 0 Å². The van der Waals surface area contributed by atoms with Gasteiger partial charge in [-0.25, -0.2) is 13.6 Å². The Morgan fingerprint density at radius 3 is 2.15 bits per heavy atom. The van der Waals surface area contributed by atoms with Crippen LogP contribution < -0.4 is 5.73 Å². The summed E-state index contributed by atoms with van der Waals surface area (Å²) in [6.45, 7) is 9.79. The summed E-state index contributed by atoms with van der Waals surface area (Å²) in [5, 5.41) is 11.3. The summed E-state index contributed by atoms with van der Waals surface area (Å²) in [4.78, 5) is 52.1. The number of carbonyl (C=O) groups excluding carboxylic acids is 4. The molecule has 2 aliphatic rings. The monoisotopic (exact) mass is 553 g/mol. The smallest absolute Gasteiger partial charge is 0.410 e. The Morgan fingerprint density at radius 1 is 1.08 bits per heavy atom. The van der Waals surface area contributed by atoms with Crippen molar-refractivity contribution in [2.45, 2.75) is 96.6 Å². The van der Waals surface area contributed by atoms with E-state index in [0.29, 0.717) is 0 Å². The van der Waals surface area contributed by atoms with E-state index in [9.17, 15) is 24.3 Å². The molecule has 1 atom stereocenters. The van der Waals surface area contributed by atoms with Crippen molar-refractivity contribution in [1.82, 2.24) is 9.80 Å². The van der Waals surface area contributed by atoms with E-state index in [1.165, 1.54) is 4.90 Å². The molecule has 3 amide bonds. The standard InChI is InChI=1S/C27H37F2N3O7/c1-25(2,3)38-19(33)8-7-18(22(30)34)32-14-16-15(23(32)35)13-17(28)20(21(16)29)27(37)9-11-31(12-10-27)24(36)39-26(4,5)6/h13,18,37H,7-12,14H2,1-6H3,(H2,30,34)/t18-/m0/s1. The topological polar surface area (TPSA) is 139 Å². The zero-order chi connectivity index (χ0) is 29.5. The normalized spacial score (nSPS) is 18.0. The number of piperidine rings is 1. The molecule has 0 aliphatic carbocycles. The molecule has 10 nitrogen and oxygen atoms in total. The number of aliphatic hydroxyl groups is 1. The van der Waals surface area contributed by atoms with Gasteiger partial charge in [-0.3, -0.25) is 14.4 Å². The second-order valence-corrected chi connectivity index (χ2v) is 12.0. The molecule has 2 heterocycles. The van der Waals surface area contributed by atoms with E-state index in [1.807, 2.05) is 0 Å². The number of fused-ring (bicyclic) bond motifs is 1. The zero-order valence-electron chi connectivity index (χ0n) is 23.2. The van der Waals surface area contributed by atoms with E-state index in [2.05, 4.69) is 0 Å². The van der Waals surface area contributed by atoms with Gasteiger partial charge in [-0.05, 0) is 66.9 Å². The van der Waals surface area contributed by atoms with Gasteiger partial charge in [0.05, 0.1) is 23.3 Å². The van der Waals surface area contributed by atoms with Crippen molar-refractivity contribution in [1.29, 1.82) is 0 Å². The fourth-order valence-electron chi connectivity index (χ4n) is 4.82. The maximum Gasteiger partial charge on any atom is 0.410 e. The lowest BCUT2D eigenvalue weighted by Gasteiger charge is -2.39. The maximum absolute atomic E-state index is 15.8. The first-order valence-electron chi connectivity index (χ1n) is 12.9. The minimum absolute atomic E-state index is 0.000842. The van der Waals surface area contributed by atoms with E-state index >= 15 is 8.78 Å². The number of esters is 1. The van der Waals surface area contributed by atoms with Crippen LogP contribution in [0.4, 0.5) is 13.6 Å². The van der Waals surface area contributed by atoms with Crippen LogP contribution in [-0.4, -0.2) is 69.1 Å². The SMILES string of the molecule is CC(C)(C)OC(=O)CC[C@@H](C(N)=O)N1Cc2c(cc(F)c(C3(O)CCN(C(=O)OC(C)(C)C)CC3)c2F)C1=O. The number of rotatable bonds is 6. The van der Waals surface area contributed by atoms with E-state index in [4.69, 9.17) is 15.2 Å². The van der Waals surface area contributed by atoms with E-state index in [1.54, 1.807) is 41.5 Å². The second kappa shape index (κ2) is 10.7. The maximum atomic E-state index is 15.8. The van der Waals surface area contributed by atoms with Crippen LogP contribution in [-0.2, 0) is 31.2 Å². The highest BCUT2D eigenvalue weighted by Gasteiger charge is 2.45. The first-order valence-corrected chi connectivity index (χ1v) is 12.9. The van der Waals surface area contributed by atoms with Crippen molar-refractivity contribution in [2.75, 3.05) is 13.1 Å². The Bertz CT molecular complexity index is 1170. The van der Waals surface area contributed by atoms with Crippen LogP contribution in [0.1, 0.15) is 88.7 Å². The lowest BCUT2D eigenvalue weighted by Crippen LogP contribution is -2.47. The lowest BCUT2D eigenvalue weighted by molar-refractivity contribution is -0.155. The minimum Gasteiger partial charge on any atom is -0.460 e. The second-order valence-electron chi connectivity index (χ2n) is 12.0. The van der Waals surface area contributed by atoms with Crippen molar-refractivity contribution < 1.29 is 42.5 Å². The molecule has 0 saturated carbocycles. The Balaban J connectivity index is 1.80. The van der Waals surface area contributed by atoms with Crippen molar-refractivity contribution in [3.63, 3.8) is 0 Å². The van der Waals surface area contributed by atoms with Gasteiger partial charge in [-0.15, -0.1) is 0 Å². The van der Waals surface area contributed by atoms with Gasteiger partial charge in [0.1, 0.15) is 28.9 Å². The summed E-state index contributed by atoms with van der Waals surface area (Å²) in [7, 11) is 0. The van der Waals surface area contributed by atoms with Crippen molar-refractivity contribution >= 4 is 23.9 Å². The third-order valence-corrected chi connectivity index (χ3v) is 6.59. The number of hydrogen-bond acceptors (Lipinski definition) is 7. The number of nitrogens with two attached hydrogens (primary N) is 1. The quantitative estimate of drug-likeness (QED) is 0.516. The summed E-state index contributed by atoms with van der Waals surface area (Å²) in [5.74, 6) is -4.52. The molecule has 1 aromatic rings. The predicted molar refractivity (Wildman–Crippen MR) is 135 cm³/mol. The molecule has 1 fully saturated rings. The number of likely N-dealkylation sites (tertiary alicyclic amines) is 1. The Hall–Kier alpha value is -3.28. The number of carbonyl (C=O) groups is 4. The van der Waals surface area contributed by atoms with Crippen LogP contribution in [0.25, 0.3) is 0 Å². The molecule has 12 heteroatoms. The molecule has 1 aromatic carbocycles. The highest BCUT2D eigenvalue weighted by atomic mass is 19.1. The minimum atomic E-state index is -1.93. The van der Waals surface area contributed by atoms with Crippen LogP contribution in [0.2, 0.25) is 0 Å². The number of benzene rings is 1. The molecule has 39 heavy (non-hydrogen) atoms. The summed E-state index contributed by atoms with van der Waals surface area (Å²) >= 11 is 0. The first-order chi connectivity index (χ1) is 17.8. The summed E-state index contributed by atoms with van der Waals surface area (Å²) in [5.41, 5.74) is 1.04. The number of ether oxygens (including phenoxy) is 2. The molecule has 216 valence electrons. The fraction of sp³-hybridized carbons (Fsp3) is 0.630. The van der Waals surface area contributed by atoms with Crippen molar-refractivity contribution in [2.24, 2.45) is 5.73 Å². The molecule has 0 bridgehead atoms. The van der Waals surface area contributed by atoms with Gasteiger partial charge >= 0.3 is 12.1 Å². The van der Waals surface area contributed by atoms with Crippen LogP contribution >= 0.6 is 0 Å². The Morgan fingerprint density at radius 2 is 1.64 bits per heavy atom. The molecular weight excluding hydrogens is 516 g/mol. The van der Waals surface area contributed by atoms with Gasteiger partial charge in [0.2, 0.25) is 5.91 Å².